The second-order valence-electron chi connectivity index (χ2n) is 5.39. The number of nitrogens with one attached hydrogen (secondary N) is 1. The van der Waals surface area contributed by atoms with Crippen molar-refractivity contribution in [3.8, 4) is 11.5 Å². The molecule has 0 aromatic heterocycles. The summed E-state index contributed by atoms with van der Waals surface area (Å²) in [6.45, 7) is 2.01. The standard InChI is InChI=1S/C16H23NO3/c1-11(12-6-4-5-7-12)16(18)17-14-10-13(19-2)8-9-15(14)20-3/h8-12H,4-7H2,1-3H3,(H,17,18). The lowest BCUT2D eigenvalue weighted by atomic mass is 9.92. The van der Waals surface area contributed by atoms with E-state index in [-0.39, 0.29) is 11.8 Å². The van der Waals surface area contributed by atoms with Gasteiger partial charge < -0.3 is 14.8 Å². The predicted octanol–water partition coefficient (Wildman–Crippen LogP) is 3.47. The first-order valence-corrected chi connectivity index (χ1v) is 7.18. The highest BCUT2D eigenvalue weighted by Crippen LogP contribution is 2.33. The van der Waals surface area contributed by atoms with E-state index < -0.39 is 0 Å². The molecule has 1 aliphatic rings. The molecule has 1 aromatic rings. The van der Waals surface area contributed by atoms with Crippen LogP contribution in [0.15, 0.2) is 18.2 Å². The summed E-state index contributed by atoms with van der Waals surface area (Å²) in [6.07, 6.45) is 4.79. The van der Waals surface area contributed by atoms with E-state index in [1.807, 2.05) is 13.0 Å². The molecule has 0 spiro atoms. The van der Waals surface area contributed by atoms with Gasteiger partial charge in [-0.05, 0) is 30.9 Å². The molecule has 1 atom stereocenters. The Kier molecular flexibility index (Phi) is 4.88. The van der Waals surface area contributed by atoms with E-state index in [4.69, 9.17) is 9.47 Å². The first-order chi connectivity index (χ1) is 9.65. The molecule has 1 N–H and O–H groups in total. The summed E-state index contributed by atoms with van der Waals surface area (Å²) >= 11 is 0. The van der Waals surface area contributed by atoms with Crippen LogP contribution in [0.5, 0.6) is 11.5 Å². The van der Waals surface area contributed by atoms with Crippen LogP contribution >= 0.6 is 0 Å². The zero-order valence-corrected chi connectivity index (χ0v) is 12.4. The Balaban J connectivity index is 2.09. The third-order valence-electron chi connectivity index (χ3n) is 4.19. The van der Waals surface area contributed by atoms with Gasteiger partial charge in [-0.2, -0.15) is 0 Å². The SMILES string of the molecule is COc1ccc(OC)c(NC(=O)C(C)C2CCCC2)c1. The predicted molar refractivity (Wildman–Crippen MR) is 79.3 cm³/mol. The third-order valence-corrected chi connectivity index (χ3v) is 4.19. The Labute approximate surface area is 120 Å². The van der Waals surface area contributed by atoms with Crippen LogP contribution in [0, 0.1) is 11.8 Å². The van der Waals surface area contributed by atoms with E-state index in [1.54, 1.807) is 26.4 Å². The maximum atomic E-state index is 12.4. The van der Waals surface area contributed by atoms with Gasteiger partial charge in [-0.3, -0.25) is 4.79 Å². The number of carbonyl (C=O) groups excluding carboxylic acids is 1. The number of anilines is 1. The van der Waals surface area contributed by atoms with Crippen LogP contribution in [0.1, 0.15) is 32.6 Å². The number of ether oxygens (including phenoxy) is 2. The summed E-state index contributed by atoms with van der Waals surface area (Å²) in [7, 11) is 3.20. The van der Waals surface area contributed by atoms with Gasteiger partial charge in [-0.1, -0.05) is 19.8 Å². The molecule has 110 valence electrons. The number of benzene rings is 1. The summed E-state index contributed by atoms with van der Waals surface area (Å²) < 4.78 is 10.5. The van der Waals surface area contributed by atoms with Crippen LogP contribution in [0.3, 0.4) is 0 Å². The molecular weight excluding hydrogens is 254 g/mol. The summed E-state index contributed by atoms with van der Waals surface area (Å²) in [4.78, 5) is 12.4. The van der Waals surface area contributed by atoms with Crippen LogP contribution < -0.4 is 14.8 Å². The number of rotatable bonds is 5. The van der Waals surface area contributed by atoms with Crippen molar-refractivity contribution in [2.45, 2.75) is 32.6 Å². The zero-order chi connectivity index (χ0) is 14.5. The zero-order valence-electron chi connectivity index (χ0n) is 12.4. The van der Waals surface area contributed by atoms with Crippen LogP contribution in [0.4, 0.5) is 5.69 Å². The van der Waals surface area contributed by atoms with Crippen molar-refractivity contribution in [3.05, 3.63) is 18.2 Å². The van der Waals surface area contributed by atoms with Crippen LogP contribution in [0.25, 0.3) is 0 Å². The molecular formula is C16H23NO3. The molecule has 0 saturated heterocycles. The third kappa shape index (κ3) is 3.24. The fourth-order valence-corrected chi connectivity index (χ4v) is 2.83. The number of hydrogen-bond donors (Lipinski definition) is 1. The number of carbonyl (C=O) groups is 1. The van der Waals surface area contributed by atoms with Crippen LogP contribution in [-0.2, 0) is 4.79 Å². The highest BCUT2D eigenvalue weighted by atomic mass is 16.5. The van der Waals surface area contributed by atoms with E-state index >= 15 is 0 Å². The normalized spacial score (nSPS) is 16.8. The summed E-state index contributed by atoms with van der Waals surface area (Å²) in [5, 5.41) is 2.97. The first-order valence-electron chi connectivity index (χ1n) is 7.18. The molecule has 4 heteroatoms. The lowest BCUT2D eigenvalue weighted by molar-refractivity contribution is -0.120. The Hall–Kier alpha value is -1.71. The lowest BCUT2D eigenvalue weighted by Gasteiger charge is -2.19. The largest absolute Gasteiger partial charge is 0.497 e. The quantitative estimate of drug-likeness (QED) is 0.896. The summed E-state index contributed by atoms with van der Waals surface area (Å²) in [5.74, 6) is 1.95. The minimum Gasteiger partial charge on any atom is -0.497 e. The van der Waals surface area contributed by atoms with Gasteiger partial charge in [0.2, 0.25) is 5.91 Å². The molecule has 1 unspecified atom stereocenters. The van der Waals surface area contributed by atoms with E-state index in [1.165, 1.54) is 12.8 Å². The van der Waals surface area contributed by atoms with Gasteiger partial charge in [0.25, 0.3) is 0 Å². The smallest absolute Gasteiger partial charge is 0.227 e. The Morgan fingerprint density at radius 1 is 1.25 bits per heavy atom. The summed E-state index contributed by atoms with van der Waals surface area (Å²) in [6, 6.07) is 5.40. The Morgan fingerprint density at radius 2 is 1.95 bits per heavy atom. The Morgan fingerprint density at radius 3 is 2.55 bits per heavy atom. The Bertz CT molecular complexity index is 467. The first kappa shape index (κ1) is 14.7. The molecule has 1 aromatic carbocycles. The molecule has 0 heterocycles. The van der Waals surface area contributed by atoms with Crippen molar-refractivity contribution < 1.29 is 14.3 Å². The van der Waals surface area contributed by atoms with Crippen molar-refractivity contribution in [2.24, 2.45) is 11.8 Å². The van der Waals surface area contributed by atoms with Crippen LogP contribution in [0.2, 0.25) is 0 Å². The van der Waals surface area contributed by atoms with Crippen LogP contribution in [-0.4, -0.2) is 20.1 Å². The highest BCUT2D eigenvalue weighted by molar-refractivity contribution is 5.94. The minimum atomic E-state index is 0.0356. The second kappa shape index (κ2) is 6.64. The van der Waals surface area contributed by atoms with Gasteiger partial charge in [0.05, 0.1) is 19.9 Å². The van der Waals surface area contributed by atoms with Gasteiger partial charge in [0.1, 0.15) is 11.5 Å². The topological polar surface area (TPSA) is 47.6 Å². The maximum Gasteiger partial charge on any atom is 0.227 e. The van der Waals surface area contributed by atoms with Gasteiger partial charge in [0, 0.05) is 12.0 Å². The van der Waals surface area contributed by atoms with Crippen molar-refractivity contribution >= 4 is 11.6 Å². The summed E-state index contributed by atoms with van der Waals surface area (Å²) in [5.41, 5.74) is 0.668. The van der Waals surface area contributed by atoms with Gasteiger partial charge >= 0.3 is 0 Å². The molecule has 0 bridgehead atoms. The highest BCUT2D eigenvalue weighted by Gasteiger charge is 2.27. The molecule has 0 radical (unpaired) electrons. The van der Waals surface area contributed by atoms with Crippen molar-refractivity contribution in [1.82, 2.24) is 0 Å². The monoisotopic (exact) mass is 277 g/mol. The minimum absolute atomic E-state index is 0.0356. The number of amides is 1. The molecule has 1 amide bonds. The molecule has 1 aliphatic carbocycles. The maximum absolute atomic E-state index is 12.4. The fourth-order valence-electron chi connectivity index (χ4n) is 2.83. The molecule has 2 rings (SSSR count). The van der Waals surface area contributed by atoms with Gasteiger partial charge in [-0.15, -0.1) is 0 Å². The van der Waals surface area contributed by atoms with Gasteiger partial charge in [-0.25, -0.2) is 0 Å². The van der Waals surface area contributed by atoms with E-state index in [9.17, 15) is 4.79 Å². The lowest BCUT2D eigenvalue weighted by Crippen LogP contribution is -2.26. The fraction of sp³-hybridized carbons (Fsp3) is 0.562. The molecule has 4 nitrogen and oxygen atoms in total. The van der Waals surface area contributed by atoms with Crippen molar-refractivity contribution in [3.63, 3.8) is 0 Å². The molecule has 0 aliphatic heterocycles. The van der Waals surface area contributed by atoms with E-state index in [0.717, 1.165) is 12.8 Å². The van der Waals surface area contributed by atoms with Crippen molar-refractivity contribution in [1.29, 1.82) is 0 Å². The average molecular weight is 277 g/mol. The number of methoxy groups -OCH3 is 2. The van der Waals surface area contributed by atoms with E-state index in [0.29, 0.717) is 23.1 Å². The molecule has 1 fully saturated rings. The number of hydrogen-bond acceptors (Lipinski definition) is 3. The van der Waals surface area contributed by atoms with E-state index in [2.05, 4.69) is 5.32 Å². The molecule has 20 heavy (non-hydrogen) atoms. The molecule has 1 saturated carbocycles. The second-order valence-corrected chi connectivity index (χ2v) is 5.39. The van der Waals surface area contributed by atoms with Crippen molar-refractivity contribution in [2.75, 3.05) is 19.5 Å². The van der Waals surface area contributed by atoms with Gasteiger partial charge in [0.15, 0.2) is 0 Å². The average Bonchev–Trinajstić information content (AvgIpc) is 3.00.